The van der Waals surface area contributed by atoms with Gasteiger partial charge >= 0.3 is 5.82 Å². The van der Waals surface area contributed by atoms with E-state index in [0.29, 0.717) is 12.2 Å². The van der Waals surface area contributed by atoms with Gasteiger partial charge in [0.15, 0.2) is 0 Å². The van der Waals surface area contributed by atoms with E-state index in [1.54, 1.807) is 6.92 Å². The minimum absolute atomic E-state index is 0. The first-order valence-electron chi connectivity index (χ1n) is 4.85. The van der Waals surface area contributed by atoms with Crippen molar-refractivity contribution in [1.29, 1.82) is 0 Å². The van der Waals surface area contributed by atoms with E-state index in [0.717, 1.165) is 12.3 Å². The number of aromatic nitrogens is 2. The van der Waals surface area contributed by atoms with Crippen LogP contribution in [0.2, 0.25) is 0 Å². The van der Waals surface area contributed by atoms with Gasteiger partial charge in [-0.25, -0.2) is 0 Å². The molecule has 1 aliphatic carbocycles. The molecule has 1 aromatic rings. The zero-order chi connectivity index (χ0) is 10.1. The Kier molecular flexibility index (Phi) is 3.44. The van der Waals surface area contributed by atoms with Crippen molar-refractivity contribution < 1.29 is 4.92 Å². The molecule has 0 amide bonds. The Morgan fingerprint density at radius 3 is 2.87 bits per heavy atom. The lowest BCUT2D eigenvalue weighted by Crippen LogP contribution is -2.05. The predicted octanol–water partition coefficient (Wildman–Crippen LogP) is 2.54. The molecule has 1 aromatic heterocycles. The molecule has 0 atom stereocenters. The summed E-state index contributed by atoms with van der Waals surface area (Å²) >= 11 is 0. The van der Waals surface area contributed by atoms with E-state index in [2.05, 4.69) is 5.10 Å². The summed E-state index contributed by atoms with van der Waals surface area (Å²) in [5.41, 5.74) is 0.715. The Labute approximate surface area is 89.2 Å². The molecule has 2 rings (SSSR count). The molecule has 5 nitrogen and oxygen atoms in total. The minimum atomic E-state index is -0.368. The summed E-state index contributed by atoms with van der Waals surface area (Å²) in [6.07, 6.45) is 3.56. The lowest BCUT2D eigenvalue weighted by atomic mass is 10.3. The van der Waals surface area contributed by atoms with Crippen molar-refractivity contribution in [3.63, 3.8) is 0 Å². The highest BCUT2D eigenvalue weighted by molar-refractivity contribution is 5.21. The van der Waals surface area contributed by atoms with Gasteiger partial charge in [-0.3, -0.25) is 0 Å². The smallest absolute Gasteiger partial charge is 0.345 e. The molecule has 0 spiro atoms. The van der Waals surface area contributed by atoms with Crippen LogP contribution in [0.5, 0.6) is 0 Å². The normalized spacial score (nSPS) is 14.7. The first-order valence-corrected chi connectivity index (χ1v) is 4.85. The van der Waals surface area contributed by atoms with Crippen molar-refractivity contribution >= 4 is 5.82 Å². The number of aryl methyl sites for hydroxylation is 2. The molecule has 0 unspecified atom stereocenters. The zero-order valence-corrected chi connectivity index (χ0v) is 8.14. The van der Waals surface area contributed by atoms with Crippen molar-refractivity contribution in [2.45, 2.75) is 40.2 Å². The quantitative estimate of drug-likeness (QED) is 0.568. The van der Waals surface area contributed by atoms with Gasteiger partial charge < -0.3 is 10.1 Å². The number of hydrogen-bond acceptors (Lipinski definition) is 3. The number of nitrogens with zero attached hydrogens (tertiary/aromatic N) is 3. The Balaban J connectivity index is 0.00000112. The average Bonchev–Trinajstić information content (AvgIpc) is 2.86. The second kappa shape index (κ2) is 4.42. The van der Waals surface area contributed by atoms with E-state index in [-0.39, 0.29) is 18.2 Å². The van der Waals surface area contributed by atoms with Crippen LogP contribution in [0.1, 0.15) is 32.4 Å². The summed E-state index contributed by atoms with van der Waals surface area (Å²) in [6.45, 7) is 2.45. The van der Waals surface area contributed by atoms with Crippen molar-refractivity contribution in [1.82, 2.24) is 9.78 Å². The van der Waals surface area contributed by atoms with Crippen molar-refractivity contribution in [2.24, 2.45) is 5.92 Å². The van der Waals surface area contributed by atoms with E-state index in [9.17, 15) is 10.1 Å². The van der Waals surface area contributed by atoms with Gasteiger partial charge in [0, 0.05) is 0 Å². The first-order chi connectivity index (χ1) is 6.66. The topological polar surface area (TPSA) is 61.0 Å². The lowest BCUT2D eigenvalue weighted by Gasteiger charge is -1.97. The molecule has 5 heteroatoms. The van der Waals surface area contributed by atoms with Crippen LogP contribution < -0.4 is 0 Å². The molecular formula is C10H17N3O2. The molecule has 1 fully saturated rings. The van der Waals surface area contributed by atoms with Crippen LogP contribution in [0.25, 0.3) is 0 Å². The molecule has 0 N–H and O–H groups in total. The monoisotopic (exact) mass is 211 g/mol. The Morgan fingerprint density at radius 1 is 1.67 bits per heavy atom. The van der Waals surface area contributed by atoms with Gasteiger partial charge in [0.25, 0.3) is 0 Å². The Morgan fingerprint density at radius 2 is 2.33 bits per heavy atom. The van der Waals surface area contributed by atoms with Gasteiger partial charge in [0.1, 0.15) is 6.54 Å². The molecule has 84 valence electrons. The number of rotatable bonds is 4. The van der Waals surface area contributed by atoms with Crippen LogP contribution in [-0.4, -0.2) is 14.7 Å². The first kappa shape index (κ1) is 11.7. The predicted molar refractivity (Wildman–Crippen MR) is 57.7 cm³/mol. The molecule has 0 bridgehead atoms. The Bertz CT molecular complexity index is 356. The maximum Gasteiger partial charge on any atom is 0.345 e. The number of nitro groups is 1. The summed E-state index contributed by atoms with van der Waals surface area (Å²) in [5.74, 6) is 0.891. The van der Waals surface area contributed by atoms with Crippen LogP contribution >= 0.6 is 0 Å². The number of hydrogen-bond donors (Lipinski definition) is 0. The largest absolute Gasteiger partial charge is 0.358 e. The Hall–Kier alpha value is -1.39. The van der Waals surface area contributed by atoms with Gasteiger partial charge in [-0.1, -0.05) is 25.4 Å². The summed E-state index contributed by atoms with van der Waals surface area (Å²) in [6, 6.07) is 1.52. The van der Waals surface area contributed by atoms with Crippen LogP contribution in [-0.2, 0) is 6.54 Å². The lowest BCUT2D eigenvalue weighted by molar-refractivity contribution is -0.392. The van der Waals surface area contributed by atoms with Crippen molar-refractivity contribution in [2.75, 3.05) is 0 Å². The molecule has 0 radical (unpaired) electrons. The standard InChI is InChI=1S/C9H13N3O2.CH4/c1-7-6-9(12(13)14)11(10-7)5-4-8-2-3-8;/h6,8H,2-5H2,1H3;1H4. The second-order valence-corrected chi connectivity index (χ2v) is 3.86. The van der Waals surface area contributed by atoms with E-state index >= 15 is 0 Å². The molecule has 0 saturated heterocycles. The molecule has 1 saturated carbocycles. The van der Waals surface area contributed by atoms with E-state index < -0.39 is 0 Å². The highest BCUT2D eigenvalue weighted by Crippen LogP contribution is 2.33. The molecule has 15 heavy (non-hydrogen) atoms. The van der Waals surface area contributed by atoms with Crippen LogP contribution in [0.4, 0.5) is 5.82 Å². The van der Waals surface area contributed by atoms with Gasteiger partial charge in [-0.15, -0.1) is 4.68 Å². The molecule has 1 aliphatic rings. The summed E-state index contributed by atoms with van der Waals surface area (Å²) in [5, 5.41) is 14.7. The summed E-state index contributed by atoms with van der Waals surface area (Å²) < 4.78 is 1.51. The third-order valence-corrected chi connectivity index (χ3v) is 2.51. The minimum Gasteiger partial charge on any atom is -0.358 e. The van der Waals surface area contributed by atoms with E-state index in [1.807, 2.05) is 0 Å². The highest BCUT2D eigenvalue weighted by Gasteiger charge is 2.24. The molecular weight excluding hydrogens is 194 g/mol. The van der Waals surface area contributed by atoms with Gasteiger partial charge in [0.05, 0.1) is 11.8 Å². The second-order valence-electron chi connectivity index (χ2n) is 3.86. The molecule has 0 aromatic carbocycles. The van der Waals surface area contributed by atoms with E-state index in [1.165, 1.54) is 23.6 Å². The SMILES string of the molecule is C.Cc1cc([N+](=O)[O-])n(CCC2CC2)n1. The summed E-state index contributed by atoms with van der Waals surface area (Å²) in [7, 11) is 0. The van der Waals surface area contributed by atoms with E-state index in [4.69, 9.17) is 0 Å². The third kappa shape index (κ3) is 2.78. The average molecular weight is 211 g/mol. The summed E-state index contributed by atoms with van der Waals surface area (Å²) in [4.78, 5) is 10.3. The zero-order valence-electron chi connectivity index (χ0n) is 8.14. The van der Waals surface area contributed by atoms with Crippen LogP contribution in [0.15, 0.2) is 6.07 Å². The fourth-order valence-corrected chi connectivity index (χ4v) is 1.55. The van der Waals surface area contributed by atoms with Crippen LogP contribution in [0.3, 0.4) is 0 Å². The van der Waals surface area contributed by atoms with Crippen LogP contribution in [0, 0.1) is 23.0 Å². The fraction of sp³-hybridized carbons (Fsp3) is 0.700. The maximum atomic E-state index is 10.6. The van der Waals surface area contributed by atoms with Crippen molar-refractivity contribution in [3.05, 3.63) is 21.9 Å². The fourth-order valence-electron chi connectivity index (χ4n) is 1.55. The third-order valence-electron chi connectivity index (χ3n) is 2.51. The molecule has 0 aliphatic heterocycles. The molecule has 1 heterocycles. The van der Waals surface area contributed by atoms with Gasteiger partial charge in [-0.05, 0) is 24.2 Å². The van der Waals surface area contributed by atoms with Gasteiger partial charge in [0.2, 0.25) is 0 Å². The van der Waals surface area contributed by atoms with Gasteiger partial charge in [-0.2, -0.15) is 0 Å². The van der Waals surface area contributed by atoms with Crippen molar-refractivity contribution in [3.8, 4) is 0 Å². The maximum absolute atomic E-state index is 10.6. The highest BCUT2D eigenvalue weighted by atomic mass is 16.6.